The van der Waals surface area contributed by atoms with Crippen LogP contribution in [0.25, 0.3) is 0 Å². The molecule has 7 nitrogen and oxygen atoms in total. The molecule has 3 rings (SSSR count). The molecule has 2 heterocycles. The minimum absolute atomic E-state index is 0. The van der Waals surface area contributed by atoms with Crippen LogP contribution in [0.2, 0.25) is 0 Å². The third-order valence-electron chi connectivity index (χ3n) is 4.37. The van der Waals surface area contributed by atoms with Crippen molar-refractivity contribution in [2.24, 2.45) is 4.99 Å². The Kier molecular flexibility index (Phi) is 8.17. The van der Waals surface area contributed by atoms with Crippen molar-refractivity contribution in [3.63, 3.8) is 0 Å². The highest BCUT2D eigenvalue weighted by atomic mass is 127. The van der Waals surface area contributed by atoms with Crippen LogP contribution in [0.5, 0.6) is 5.75 Å². The monoisotopic (exact) mass is 471 g/mol. The van der Waals surface area contributed by atoms with E-state index < -0.39 is 0 Å². The number of benzene rings is 1. The number of aliphatic imine (C=N–C) groups is 1. The van der Waals surface area contributed by atoms with Gasteiger partial charge < -0.3 is 19.5 Å². The molecule has 2 aromatic rings. The molecule has 1 aromatic heterocycles. The molecule has 142 valence electrons. The highest BCUT2D eigenvalue weighted by Gasteiger charge is 2.20. The standard InChI is InChI=1S/C18H25N5O2.HI/c1-19-18(20-13-15-3-5-17(24-2)6-4-15)23-10-8-22(9-11-23)14-16-7-12-25-21-16;/h3-7,12H,8-11,13-14H2,1-2H3,(H,19,20);1H. The Hall–Kier alpha value is -1.81. The first kappa shape index (κ1) is 20.5. The van der Waals surface area contributed by atoms with E-state index >= 15 is 0 Å². The van der Waals surface area contributed by atoms with E-state index in [1.165, 1.54) is 5.56 Å². The number of nitrogens with one attached hydrogen (secondary N) is 1. The molecule has 1 saturated heterocycles. The fourth-order valence-electron chi connectivity index (χ4n) is 2.92. The fourth-order valence-corrected chi connectivity index (χ4v) is 2.92. The third-order valence-corrected chi connectivity index (χ3v) is 4.37. The van der Waals surface area contributed by atoms with Crippen molar-refractivity contribution in [2.45, 2.75) is 13.1 Å². The molecule has 0 amide bonds. The van der Waals surface area contributed by atoms with Crippen molar-refractivity contribution in [1.82, 2.24) is 20.3 Å². The maximum atomic E-state index is 5.19. The zero-order chi connectivity index (χ0) is 17.5. The number of aromatic nitrogens is 1. The lowest BCUT2D eigenvalue weighted by atomic mass is 10.2. The van der Waals surface area contributed by atoms with Gasteiger partial charge in [-0.2, -0.15) is 0 Å². The van der Waals surface area contributed by atoms with Crippen LogP contribution in [0, 0.1) is 0 Å². The number of methoxy groups -OCH3 is 1. The first-order valence-corrected chi connectivity index (χ1v) is 8.48. The Labute approximate surface area is 171 Å². The smallest absolute Gasteiger partial charge is 0.194 e. The summed E-state index contributed by atoms with van der Waals surface area (Å²) in [7, 11) is 3.51. The second-order valence-electron chi connectivity index (χ2n) is 6.00. The van der Waals surface area contributed by atoms with E-state index in [2.05, 4.69) is 37.4 Å². The Balaban J connectivity index is 0.00000243. The minimum Gasteiger partial charge on any atom is -0.497 e. The number of hydrogen-bond acceptors (Lipinski definition) is 5. The maximum Gasteiger partial charge on any atom is 0.194 e. The second-order valence-corrected chi connectivity index (χ2v) is 6.00. The molecule has 26 heavy (non-hydrogen) atoms. The molecule has 8 heteroatoms. The SMILES string of the molecule is CN=C(NCc1ccc(OC)cc1)N1CCN(Cc2ccon2)CC1.I. The molecule has 0 radical (unpaired) electrons. The van der Waals surface area contributed by atoms with Crippen molar-refractivity contribution >= 4 is 29.9 Å². The van der Waals surface area contributed by atoms with Gasteiger partial charge in [0.05, 0.1) is 12.8 Å². The Morgan fingerprint density at radius 1 is 1.19 bits per heavy atom. The molecule has 0 atom stereocenters. The molecule has 1 N–H and O–H groups in total. The van der Waals surface area contributed by atoms with Gasteiger partial charge in [-0.05, 0) is 17.7 Å². The van der Waals surface area contributed by atoms with Gasteiger partial charge in [0.15, 0.2) is 5.96 Å². The van der Waals surface area contributed by atoms with Crippen molar-refractivity contribution in [3.8, 4) is 5.75 Å². The zero-order valence-corrected chi connectivity index (χ0v) is 17.6. The summed E-state index contributed by atoms with van der Waals surface area (Å²) in [5, 5.41) is 7.42. The van der Waals surface area contributed by atoms with E-state index in [0.29, 0.717) is 0 Å². The number of guanidine groups is 1. The summed E-state index contributed by atoms with van der Waals surface area (Å²) in [6.07, 6.45) is 1.62. The number of hydrogen-bond donors (Lipinski definition) is 1. The summed E-state index contributed by atoms with van der Waals surface area (Å²) in [6.45, 7) is 5.44. The van der Waals surface area contributed by atoms with Crippen LogP contribution in [0.1, 0.15) is 11.3 Å². The summed E-state index contributed by atoms with van der Waals surface area (Å²) in [5.74, 6) is 1.81. The van der Waals surface area contributed by atoms with Crippen LogP contribution in [-0.2, 0) is 13.1 Å². The van der Waals surface area contributed by atoms with Crippen LogP contribution in [0.4, 0.5) is 0 Å². The molecule has 1 aliphatic heterocycles. The van der Waals surface area contributed by atoms with Crippen molar-refractivity contribution < 1.29 is 9.26 Å². The van der Waals surface area contributed by atoms with Crippen LogP contribution in [0.15, 0.2) is 46.1 Å². The maximum absolute atomic E-state index is 5.19. The lowest BCUT2D eigenvalue weighted by Gasteiger charge is -2.36. The first-order chi connectivity index (χ1) is 12.3. The lowest BCUT2D eigenvalue weighted by Crippen LogP contribution is -2.52. The van der Waals surface area contributed by atoms with Crippen LogP contribution in [0.3, 0.4) is 0 Å². The first-order valence-electron chi connectivity index (χ1n) is 8.48. The molecule has 0 spiro atoms. The molecular weight excluding hydrogens is 445 g/mol. The fraction of sp³-hybridized carbons (Fsp3) is 0.444. The Bertz CT molecular complexity index is 667. The summed E-state index contributed by atoms with van der Waals surface area (Å²) in [4.78, 5) is 9.10. The normalized spacial score (nSPS) is 15.5. The lowest BCUT2D eigenvalue weighted by molar-refractivity contribution is 0.169. The Morgan fingerprint density at radius 3 is 2.50 bits per heavy atom. The zero-order valence-electron chi connectivity index (χ0n) is 15.2. The molecule has 1 aliphatic rings. The summed E-state index contributed by atoms with van der Waals surface area (Å²) < 4.78 is 10.1. The van der Waals surface area contributed by atoms with Gasteiger partial charge in [-0.1, -0.05) is 17.3 Å². The van der Waals surface area contributed by atoms with Gasteiger partial charge in [0.2, 0.25) is 0 Å². The molecule has 0 bridgehead atoms. The number of rotatable bonds is 5. The molecule has 0 unspecified atom stereocenters. The summed E-state index contributed by atoms with van der Waals surface area (Å²) in [5.41, 5.74) is 2.18. The van der Waals surface area contributed by atoms with Crippen LogP contribution >= 0.6 is 24.0 Å². The molecule has 1 fully saturated rings. The molecule has 0 saturated carbocycles. The summed E-state index contributed by atoms with van der Waals surface area (Å²) >= 11 is 0. The molecule has 1 aromatic carbocycles. The van der Waals surface area contributed by atoms with Gasteiger partial charge >= 0.3 is 0 Å². The van der Waals surface area contributed by atoms with Gasteiger partial charge in [-0.3, -0.25) is 9.89 Å². The van der Waals surface area contributed by atoms with Crippen molar-refractivity contribution in [3.05, 3.63) is 47.9 Å². The third kappa shape index (κ3) is 5.60. The van der Waals surface area contributed by atoms with Crippen LogP contribution < -0.4 is 10.1 Å². The topological polar surface area (TPSA) is 66.1 Å². The van der Waals surface area contributed by atoms with E-state index in [-0.39, 0.29) is 24.0 Å². The predicted molar refractivity (Wildman–Crippen MR) is 112 cm³/mol. The van der Waals surface area contributed by atoms with Gasteiger partial charge in [0, 0.05) is 52.4 Å². The van der Waals surface area contributed by atoms with E-state index in [9.17, 15) is 0 Å². The average molecular weight is 471 g/mol. The van der Waals surface area contributed by atoms with Gasteiger partial charge in [-0.15, -0.1) is 24.0 Å². The van der Waals surface area contributed by atoms with E-state index in [1.54, 1.807) is 13.4 Å². The number of ether oxygens (including phenoxy) is 1. The number of halogens is 1. The number of nitrogens with zero attached hydrogens (tertiary/aromatic N) is 4. The number of piperazine rings is 1. The highest BCUT2D eigenvalue weighted by molar-refractivity contribution is 14.0. The predicted octanol–water partition coefficient (Wildman–Crippen LogP) is 2.19. The van der Waals surface area contributed by atoms with Gasteiger partial charge in [0.25, 0.3) is 0 Å². The van der Waals surface area contributed by atoms with E-state index in [0.717, 1.165) is 56.7 Å². The van der Waals surface area contributed by atoms with Crippen molar-refractivity contribution in [1.29, 1.82) is 0 Å². The minimum atomic E-state index is 0. The Morgan fingerprint density at radius 2 is 1.92 bits per heavy atom. The van der Waals surface area contributed by atoms with Gasteiger partial charge in [-0.25, -0.2) is 0 Å². The van der Waals surface area contributed by atoms with Gasteiger partial charge in [0.1, 0.15) is 12.0 Å². The van der Waals surface area contributed by atoms with E-state index in [4.69, 9.17) is 9.26 Å². The van der Waals surface area contributed by atoms with Crippen molar-refractivity contribution in [2.75, 3.05) is 40.3 Å². The molecule has 0 aliphatic carbocycles. The highest BCUT2D eigenvalue weighted by Crippen LogP contribution is 2.11. The van der Waals surface area contributed by atoms with E-state index in [1.807, 2.05) is 25.2 Å². The largest absolute Gasteiger partial charge is 0.497 e. The van der Waals surface area contributed by atoms with Crippen LogP contribution in [-0.4, -0.2) is 61.3 Å². The molecular formula is C18H26IN5O2. The second kappa shape index (κ2) is 10.4. The average Bonchev–Trinajstić information content (AvgIpc) is 3.17. The summed E-state index contributed by atoms with van der Waals surface area (Å²) in [6, 6.07) is 10.00. The quantitative estimate of drug-likeness (QED) is 0.410.